The van der Waals surface area contributed by atoms with Crippen molar-refractivity contribution in [2.24, 2.45) is 0 Å². The topological polar surface area (TPSA) is 68.8 Å². The van der Waals surface area contributed by atoms with Crippen molar-refractivity contribution in [1.82, 2.24) is 10.8 Å². The summed E-state index contributed by atoms with van der Waals surface area (Å²) in [5.41, 5.74) is 2.30. The maximum Gasteiger partial charge on any atom is 0.273 e. The Hall–Kier alpha value is -0.690. The van der Waals surface area contributed by atoms with Crippen molar-refractivity contribution in [3.05, 3.63) is 0 Å². The highest BCUT2D eigenvalue weighted by Gasteiger charge is 2.21. The van der Waals surface area contributed by atoms with Gasteiger partial charge in [-0.2, -0.15) is 0 Å². The second-order valence-electron chi connectivity index (χ2n) is 2.87. The number of carbonyl (C=O) groups is 1. The van der Waals surface area contributed by atoms with E-state index in [9.17, 15) is 4.79 Å². The summed E-state index contributed by atoms with van der Waals surface area (Å²) in [6, 6.07) is 0. The third-order valence-corrected chi connectivity index (χ3v) is 1.78. The van der Waals surface area contributed by atoms with Crippen LogP contribution in [0, 0.1) is 0 Å². The molecule has 14 heavy (non-hydrogen) atoms. The molecule has 0 aromatic heterocycles. The molecule has 6 nitrogen and oxygen atoms in total. The number of methoxy groups -OCH3 is 1. The van der Waals surface area contributed by atoms with Gasteiger partial charge in [0.2, 0.25) is 0 Å². The van der Waals surface area contributed by atoms with Crippen molar-refractivity contribution in [3.63, 3.8) is 0 Å². The molecule has 1 heterocycles. The van der Waals surface area contributed by atoms with E-state index in [1.54, 1.807) is 7.11 Å². The number of amides is 1. The molecule has 0 bridgehead atoms. The molecule has 6 heteroatoms. The molecular formula is C8H16N2O4. The zero-order chi connectivity index (χ0) is 10.2. The molecule has 1 unspecified atom stereocenters. The maximum atomic E-state index is 11.3. The van der Waals surface area contributed by atoms with Crippen LogP contribution in [0.5, 0.6) is 0 Å². The van der Waals surface area contributed by atoms with Gasteiger partial charge in [-0.05, 0) is 0 Å². The van der Waals surface area contributed by atoms with Gasteiger partial charge in [0.25, 0.3) is 5.91 Å². The average molecular weight is 204 g/mol. The van der Waals surface area contributed by atoms with Gasteiger partial charge in [0, 0.05) is 20.2 Å². The van der Waals surface area contributed by atoms with Crippen LogP contribution in [0.4, 0.5) is 0 Å². The number of nitrogens with one attached hydrogen (secondary N) is 2. The third-order valence-electron chi connectivity index (χ3n) is 1.78. The summed E-state index contributed by atoms with van der Waals surface area (Å²) in [4.78, 5) is 16.2. The van der Waals surface area contributed by atoms with Crippen LogP contribution < -0.4 is 10.8 Å². The van der Waals surface area contributed by atoms with Crippen molar-refractivity contribution in [1.29, 1.82) is 0 Å². The van der Waals surface area contributed by atoms with Crippen molar-refractivity contribution in [3.8, 4) is 0 Å². The Morgan fingerprint density at radius 3 is 3.14 bits per heavy atom. The summed E-state index contributed by atoms with van der Waals surface area (Å²) in [5.74, 6) is -0.256. The Morgan fingerprint density at radius 1 is 1.64 bits per heavy atom. The molecular weight excluding hydrogens is 188 g/mol. The summed E-state index contributed by atoms with van der Waals surface area (Å²) < 4.78 is 9.96. The molecule has 1 rings (SSSR count). The molecule has 0 aromatic carbocycles. The number of rotatable bonds is 5. The van der Waals surface area contributed by atoms with Crippen LogP contribution in [0.1, 0.15) is 0 Å². The zero-order valence-electron chi connectivity index (χ0n) is 8.25. The van der Waals surface area contributed by atoms with Gasteiger partial charge in [-0.1, -0.05) is 0 Å². The molecule has 1 atom stereocenters. The standard InChI is InChI=1S/C8H16N2O4/c1-12-4-5-14-10-8(11)7-6-9-2-3-13-7/h7,9H,2-6H2,1H3,(H,10,11). The van der Waals surface area contributed by atoms with E-state index in [2.05, 4.69) is 10.8 Å². The molecule has 82 valence electrons. The molecule has 2 N–H and O–H groups in total. The van der Waals surface area contributed by atoms with Crippen LogP contribution in [0.2, 0.25) is 0 Å². The first-order chi connectivity index (χ1) is 6.84. The zero-order valence-corrected chi connectivity index (χ0v) is 8.25. The minimum atomic E-state index is -0.453. The van der Waals surface area contributed by atoms with E-state index < -0.39 is 6.10 Å². The van der Waals surface area contributed by atoms with E-state index >= 15 is 0 Å². The average Bonchev–Trinajstić information content (AvgIpc) is 2.25. The minimum absolute atomic E-state index is 0.256. The molecule has 1 amide bonds. The van der Waals surface area contributed by atoms with E-state index in [1.165, 1.54) is 0 Å². The summed E-state index contributed by atoms with van der Waals surface area (Å²) in [7, 11) is 1.57. The van der Waals surface area contributed by atoms with E-state index in [0.717, 1.165) is 6.54 Å². The van der Waals surface area contributed by atoms with Gasteiger partial charge in [0.1, 0.15) is 0 Å². The fraction of sp³-hybridized carbons (Fsp3) is 0.875. The molecule has 1 saturated heterocycles. The quantitative estimate of drug-likeness (QED) is 0.429. The Kier molecular flexibility index (Phi) is 5.46. The van der Waals surface area contributed by atoms with Gasteiger partial charge in [-0.3, -0.25) is 9.63 Å². The number of hydroxylamine groups is 1. The smallest absolute Gasteiger partial charge is 0.273 e. The van der Waals surface area contributed by atoms with Crippen LogP contribution >= 0.6 is 0 Å². The Bertz CT molecular complexity index is 171. The first-order valence-electron chi connectivity index (χ1n) is 4.57. The Balaban J connectivity index is 2.07. The molecule has 0 aromatic rings. The lowest BCUT2D eigenvalue weighted by molar-refractivity contribution is -0.148. The first-order valence-corrected chi connectivity index (χ1v) is 4.57. The molecule has 1 aliphatic heterocycles. The highest BCUT2D eigenvalue weighted by Crippen LogP contribution is 1.95. The normalized spacial score (nSPS) is 21.9. The number of hydrogen-bond donors (Lipinski definition) is 2. The second kappa shape index (κ2) is 6.72. The van der Waals surface area contributed by atoms with Gasteiger partial charge in [-0.25, -0.2) is 5.48 Å². The van der Waals surface area contributed by atoms with Crippen LogP contribution in [0.25, 0.3) is 0 Å². The molecule has 0 spiro atoms. The van der Waals surface area contributed by atoms with Crippen molar-refractivity contribution < 1.29 is 19.1 Å². The second-order valence-corrected chi connectivity index (χ2v) is 2.87. The van der Waals surface area contributed by atoms with Crippen LogP contribution in [0.3, 0.4) is 0 Å². The molecule has 1 fully saturated rings. The highest BCUT2D eigenvalue weighted by molar-refractivity contribution is 5.80. The third kappa shape index (κ3) is 4.01. The molecule has 0 radical (unpaired) electrons. The van der Waals surface area contributed by atoms with Crippen LogP contribution in [-0.2, 0) is 19.1 Å². The molecule has 0 aliphatic carbocycles. The van der Waals surface area contributed by atoms with Gasteiger partial charge in [0.05, 0.1) is 19.8 Å². The van der Waals surface area contributed by atoms with Crippen molar-refractivity contribution in [2.45, 2.75) is 6.10 Å². The SMILES string of the molecule is COCCONC(=O)C1CNCCO1. The van der Waals surface area contributed by atoms with Gasteiger partial charge < -0.3 is 14.8 Å². The first kappa shape index (κ1) is 11.4. The molecule has 1 aliphatic rings. The summed E-state index contributed by atoms with van der Waals surface area (Å²) in [5, 5.41) is 3.05. The van der Waals surface area contributed by atoms with Gasteiger partial charge in [-0.15, -0.1) is 0 Å². The van der Waals surface area contributed by atoms with E-state index in [4.69, 9.17) is 14.3 Å². The largest absolute Gasteiger partial charge is 0.382 e. The summed E-state index contributed by atoms with van der Waals surface area (Å²) in [6.07, 6.45) is -0.453. The van der Waals surface area contributed by atoms with E-state index in [0.29, 0.717) is 26.4 Å². The van der Waals surface area contributed by atoms with Gasteiger partial charge >= 0.3 is 0 Å². The van der Waals surface area contributed by atoms with Crippen LogP contribution in [0.15, 0.2) is 0 Å². The Labute approximate surface area is 82.8 Å². The number of hydrogen-bond acceptors (Lipinski definition) is 5. The minimum Gasteiger partial charge on any atom is -0.382 e. The Morgan fingerprint density at radius 2 is 2.50 bits per heavy atom. The lowest BCUT2D eigenvalue weighted by Gasteiger charge is -2.22. The van der Waals surface area contributed by atoms with E-state index in [-0.39, 0.29) is 5.91 Å². The van der Waals surface area contributed by atoms with E-state index in [1.807, 2.05) is 0 Å². The fourth-order valence-corrected chi connectivity index (χ4v) is 1.05. The number of carbonyl (C=O) groups excluding carboxylic acids is 1. The highest BCUT2D eigenvalue weighted by atomic mass is 16.7. The van der Waals surface area contributed by atoms with Crippen LogP contribution in [-0.4, -0.2) is 52.0 Å². The molecule has 0 saturated carbocycles. The van der Waals surface area contributed by atoms with Gasteiger partial charge in [0.15, 0.2) is 6.10 Å². The van der Waals surface area contributed by atoms with Crippen molar-refractivity contribution in [2.75, 3.05) is 40.0 Å². The predicted octanol–water partition coefficient (Wildman–Crippen LogP) is -1.33. The maximum absolute atomic E-state index is 11.3. The van der Waals surface area contributed by atoms with Crippen molar-refractivity contribution >= 4 is 5.91 Å². The summed E-state index contributed by atoms with van der Waals surface area (Å²) >= 11 is 0. The number of ether oxygens (including phenoxy) is 2. The predicted molar refractivity (Wildman–Crippen MR) is 48.6 cm³/mol. The fourth-order valence-electron chi connectivity index (χ4n) is 1.05. The summed E-state index contributed by atoms with van der Waals surface area (Å²) in [6.45, 7) is 2.65. The lowest BCUT2D eigenvalue weighted by atomic mass is 10.3. The lowest BCUT2D eigenvalue weighted by Crippen LogP contribution is -2.47. The number of morpholine rings is 1. The monoisotopic (exact) mass is 204 g/mol.